The second kappa shape index (κ2) is 8.18. The van der Waals surface area contributed by atoms with Crippen molar-refractivity contribution in [2.45, 2.75) is 20.0 Å². The Morgan fingerprint density at radius 3 is 2.53 bits per heavy atom. The number of nitrogens with zero attached hydrogens (tertiary/aromatic N) is 4. The normalized spacial score (nSPS) is 11.0. The molecular weight excluding hydrogens is 382 g/mol. The fourth-order valence-electron chi connectivity index (χ4n) is 2.89. The Kier molecular flexibility index (Phi) is 5.27. The number of hydrogen-bond acceptors (Lipinski definition) is 7. The third-order valence-electron chi connectivity index (χ3n) is 4.50. The summed E-state index contributed by atoms with van der Waals surface area (Å²) in [6.07, 6.45) is 0. The minimum absolute atomic E-state index is 0.0457. The molecule has 2 heterocycles. The highest BCUT2D eigenvalue weighted by Crippen LogP contribution is 2.15. The lowest BCUT2D eigenvalue weighted by molar-refractivity contribution is 0.102. The molecule has 0 spiro atoms. The average Bonchev–Trinajstić information content (AvgIpc) is 3.13. The predicted octanol–water partition coefficient (Wildman–Crippen LogP) is 2.26. The molecule has 0 aliphatic carbocycles. The molecule has 2 aromatic carbocycles. The standard InChI is InChI=1S/C21H21N7O2/c1-13-2-4-14(5-3-13)11-23-12-17-10-18(29)28-21(24-17)26-20(27-28)25-19(30)15-6-8-16(22)9-7-15/h2-10,23,29H,11-12,22H2,1H3,(H,25,27,30). The molecule has 152 valence electrons. The van der Waals surface area contributed by atoms with Gasteiger partial charge in [0.05, 0.1) is 5.69 Å². The van der Waals surface area contributed by atoms with E-state index in [0.717, 1.165) is 5.56 Å². The van der Waals surface area contributed by atoms with E-state index in [-0.39, 0.29) is 23.5 Å². The molecule has 30 heavy (non-hydrogen) atoms. The molecule has 4 rings (SSSR count). The molecule has 0 atom stereocenters. The summed E-state index contributed by atoms with van der Waals surface area (Å²) in [5, 5.41) is 20.2. The molecule has 0 fully saturated rings. The summed E-state index contributed by atoms with van der Waals surface area (Å²) in [7, 11) is 0. The maximum Gasteiger partial charge on any atom is 0.258 e. The second-order valence-electron chi connectivity index (χ2n) is 6.92. The van der Waals surface area contributed by atoms with Crippen molar-refractivity contribution in [3.8, 4) is 5.88 Å². The molecule has 0 bridgehead atoms. The van der Waals surface area contributed by atoms with E-state index >= 15 is 0 Å². The molecule has 0 saturated heterocycles. The van der Waals surface area contributed by atoms with Gasteiger partial charge in [-0.25, -0.2) is 4.98 Å². The number of aromatic nitrogens is 4. The highest BCUT2D eigenvalue weighted by atomic mass is 16.3. The van der Waals surface area contributed by atoms with E-state index in [9.17, 15) is 9.90 Å². The van der Waals surface area contributed by atoms with Crippen LogP contribution in [0.15, 0.2) is 54.6 Å². The third-order valence-corrected chi connectivity index (χ3v) is 4.50. The second-order valence-corrected chi connectivity index (χ2v) is 6.92. The summed E-state index contributed by atoms with van der Waals surface area (Å²) in [5.74, 6) is -0.267. The summed E-state index contributed by atoms with van der Waals surface area (Å²) < 4.78 is 1.17. The van der Waals surface area contributed by atoms with Crippen molar-refractivity contribution in [1.82, 2.24) is 24.9 Å². The zero-order valence-electron chi connectivity index (χ0n) is 16.3. The maximum atomic E-state index is 12.3. The van der Waals surface area contributed by atoms with Crippen LogP contribution < -0.4 is 16.4 Å². The van der Waals surface area contributed by atoms with Gasteiger partial charge in [-0.1, -0.05) is 29.8 Å². The lowest BCUT2D eigenvalue weighted by atomic mass is 10.1. The number of anilines is 2. The number of nitrogens with one attached hydrogen (secondary N) is 2. The SMILES string of the molecule is Cc1ccc(CNCc2cc(O)n3nc(NC(=O)c4ccc(N)cc4)nc3n2)cc1. The molecule has 0 aliphatic heterocycles. The van der Waals surface area contributed by atoms with Crippen LogP contribution in [0.4, 0.5) is 11.6 Å². The van der Waals surface area contributed by atoms with Gasteiger partial charge in [-0.2, -0.15) is 9.50 Å². The zero-order valence-corrected chi connectivity index (χ0v) is 16.3. The summed E-state index contributed by atoms with van der Waals surface area (Å²) >= 11 is 0. The molecule has 0 unspecified atom stereocenters. The number of aryl methyl sites for hydroxylation is 1. The average molecular weight is 403 g/mol. The third kappa shape index (κ3) is 4.36. The molecule has 9 nitrogen and oxygen atoms in total. The van der Waals surface area contributed by atoms with Gasteiger partial charge < -0.3 is 16.2 Å². The molecule has 9 heteroatoms. The largest absolute Gasteiger partial charge is 0.493 e. The number of rotatable bonds is 6. The fourth-order valence-corrected chi connectivity index (χ4v) is 2.89. The van der Waals surface area contributed by atoms with Crippen LogP contribution in [0.3, 0.4) is 0 Å². The maximum absolute atomic E-state index is 12.3. The van der Waals surface area contributed by atoms with E-state index in [1.807, 2.05) is 6.92 Å². The quantitative estimate of drug-likeness (QED) is 0.363. The van der Waals surface area contributed by atoms with Gasteiger partial charge in [-0.15, -0.1) is 5.10 Å². The number of carbonyl (C=O) groups is 1. The Hall–Kier alpha value is -3.98. The van der Waals surface area contributed by atoms with Crippen LogP contribution in [-0.2, 0) is 13.1 Å². The predicted molar refractivity (Wildman–Crippen MR) is 113 cm³/mol. The number of amides is 1. The summed E-state index contributed by atoms with van der Waals surface area (Å²) in [6.45, 7) is 3.16. The lowest BCUT2D eigenvalue weighted by Crippen LogP contribution is -2.14. The molecule has 0 saturated carbocycles. The first kappa shape index (κ1) is 19.3. The number of carbonyl (C=O) groups excluding carboxylic acids is 1. The number of nitrogens with two attached hydrogens (primary N) is 1. The van der Waals surface area contributed by atoms with Gasteiger partial charge in [0.2, 0.25) is 5.88 Å². The van der Waals surface area contributed by atoms with E-state index in [2.05, 4.69) is 50.0 Å². The Labute approximate surface area is 172 Å². The molecule has 4 aromatic rings. The molecule has 0 radical (unpaired) electrons. The van der Waals surface area contributed by atoms with Gasteiger partial charge in [0.1, 0.15) is 0 Å². The van der Waals surface area contributed by atoms with E-state index in [1.165, 1.54) is 16.1 Å². The first-order chi connectivity index (χ1) is 14.5. The molecule has 1 amide bonds. The number of nitrogen functional groups attached to an aromatic ring is 1. The molecule has 0 aliphatic rings. The van der Waals surface area contributed by atoms with Crippen molar-refractivity contribution < 1.29 is 9.90 Å². The van der Waals surface area contributed by atoms with Crippen LogP contribution in [-0.4, -0.2) is 30.6 Å². The van der Waals surface area contributed by atoms with E-state index in [1.54, 1.807) is 24.3 Å². The fraction of sp³-hybridized carbons (Fsp3) is 0.143. The first-order valence-electron chi connectivity index (χ1n) is 9.37. The molecule has 5 N–H and O–H groups in total. The Bertz CT molecular complexity index is 1180. The first-order valence-corrected chi connectivity index (χ1v) is 9.37. The zero-order chi connectivity index (χ0) is 21.1. The van der Waals surface area contributed by atoms with Gasteiger partial charge in [-0.05, 0) is 36.8 Å². The van der Waals surface area contributed by atoms with Crippen LogP contribution in [0.2, 0.25) is 0 Å². The molecule has 2 aromatic heterocycles. The lowest BCUT2D eigenvalue weighted by Gasteiger charge is -2.06. The van der Waals surface area contributed by atoms with Crippen molar-refractivity contribution in [1.29, 1.82) is 0 Å². The topological polar surface area (TPSA) is 130 Å². The summed E-state index contributed by atoms with van der Waals surface area (Å²) in [5.41, 5.74) is 9.59. The van der Waals surface area contributed by atoms with Crippen LogP contribution in [0, 0.1) is 6.92 Å². The van der Waals surface area contributed by atoms with Crippen LogP contribution >= 0.6 is 0 Å². The number of benzene rings is 2. The van der Waals surface area contributed by atoms with Gasteiger partial charge in [0.25, 0.3) is 17.6 Å². The van der Waals surface area contributed by atoms with Gasteiger partial charge in [0.15, 0.2) is 0 Å². The number of aromatic hydroxyl groups is 1. The van der Waals surface area contributed by atoms with E-state index < -0.39 is 0 Å². The number of hydrogen-bond donors (Lipinski definition) is 4. The highest BCUT2D eigenvalue weighted by Gasteiger charge is 2.13. The van der Waals surface area contributed by atoms with Crippen molar-refractivity contribution in [2.24, 2.45) is 0 Å². The van der Waals surface area contributed by atoms with Crippen LogP contribution in [0.25, 0.3) is 5.78 Å². The van der Waals surface area contributed by atoms with E-state index in [0.29, 0.717) is 30.0 Å². The van der Waals surface area contributed by atoms with Crippen LogP contribution in [0.1, 0.15) is 27.2 Å². The Morgan fingerprint density at radius 1 is 1.07 bits per heavy atom. The molecular formula is C21H21N7O2. The number of fused-ring (bicyclic) bond motifs is 1. The minimum Gasteiger partial charge on any atom is -0.493 e. The summed E-state index contributed by atoms with van der Waals surface area (Å²) in [6, 6.07) is 16.2. The van der Waals surface area contributed by atoms with E-state index in [4.69, 9.17) is 5.73 Å². The van der Waals surface area contributed by atoms with Crippen molar-refractivity contribution in [2.75, 3.05) is 11.1 Å². The Balaban J connectivity index is 1.45. The van der Waals surface area contributed by atoms with Crippen LogP contribution in [0.5, 0.6) is 5.88 Å². The minimum atomic E-state index is -0.384. The van der Waals surface area contributed by atoms with Crippen molar-refractivity contribution in [3.05, 3.63) is 77.0 Å². The summed E-state index contributed by atoms with van der Waals surface area (Å²) in [4.78, 5) is 20.9. The van der Waals surface area contributed by atoms with Gasteiger partial charge >= 0.3 is 0 Å². The highest BCUT2D eigenvalue weighted by molar-refractivity contribution is 6.03. The monoisotopic (exact) mass is 403 g/mol. The Morgan fingerprint density at radius 2 is 1.80 bits per heavy atom. The van der Waals surface area contributed by atoms with Gasteiger partial charge in [0, 0.05) is 30.4 Å². The van der Waals surface area contributed by atoms with Crippen molar-refractivity contribution in [3.63, 3.8) is 0 Å². The van der Waals surface area contributed by atoms with Gasteiger partial charge in [-0.3, -0.25) is 10.1 Å². The van der Waals surface area contributed by atoms with Crippen molar-refractivity contribution >= 4 is 23.3 Å². The smallest absolute Gasteiger partial charge is 0.258 e.